The Bertz CT molecular complexity index is 1220. The van der Waals surface area contributed by atoms with Gasteiger partial charge in [0.1, 0.15) is 0 Å². The second-order valence-corrected chi connectivity index (χ2v) is 9.54. The van der Waals surface area contributed by atoms with Crippen LogP contribution in [0.1, 0.15) is 28.5 Å². The highest BCUT2D eigenvalue weighted by Crippen LogP contribution is 2.32. The van der Waals surface area contributed by atoms with Gasteiger partial charge in [0.15, 0.2) is 15.5 Å². The van der Waals surface area contributed by atoms with Crippen molar-refractivity contribution in [2.75, 3.05) is 16.8 Å². The third-order valence-electron chi connectivity index (χ3n) is 5.04. The summed E-state index contributed by atoms with van der Waals surface area (Å²) < 4.78 is 64.2. The molecule has 1 fully saturated rings. The van der Waals surface area contributed by atoms with Crippen LogP contribution < -0.4 is 5.32 Å². The Morgan fingerprint density at radius 1 is 1.06 bits per heavy atom. The molecule has 1 amide bonds. The maximum absolute atomic E-state index is 12.9. The standard InChI is InChI=1S/C21H18F3N3O3S/c22-21(23,24)15-7-4-8-16(11-15)25-20(28)18-12-19(14-5-2-1-3-6-14)27(26-18)17-9-10-31(29,30)13-17/h1-8,11-12,17H,9-10,13H2,(H,25,28)/t17-/m1/s1. The number of rotatable bonds is 4. The molecule has 1 aliphatic heterocycles. The number of amides is 1. The normalized spacial score (nSPS) is 18.1. The number of hydrogen-bond acceptors (Lipinski definition) is 4. The molecule has 2 heterocycles. The summed E-state index contributed by atoms with van der Waals surface area (Å²) in [6, 6.07) is 14.5. The largest absolute Gasteiger partial charge is 0.416 e. The van der Waals surface area contributed by atoms with Crippen molar-refractivity contribution in [1.29, 1.82) is 0 Å². The fourth-order valence-electron chi connectivity index (χ4n) is 3.54. The van der Waals surface area contributed by atoms with E-state index in [2.05, 4.69) is 10.4 Å². The first-order valence-corrected chi connectivity index (χ1v) is 11.3. The van der Waals surface area contributed by atoms with Crippen LogP contribution in [0.5, 0.6) is 0 Å². The van der Waals surface area contributed by atoms with Crippen molar-refractivity contribution >= 4 is 21.4 Å². The molecule has 2 aromatic carbocycles. The molecule has 0 saturated carbocycles. The van der Waals surface area contributed by atoms with Gasteiger partial charge in [0.25, 0.3) is 5.91 Å². The monoisotopic (exact) mass is 449 g/mol. The number of benzene rings is 2. The SMILES string of the molecule is O=C(Nc1cccc(C(F)(F)F)c1)c1cc(-c2ccccc2)n([C@@H]2CCS(=O)(=O)C2)n1. The fraction of sp³-hybridized carbons (Fsp3) is 0.238. The molecule has 1 saturated heterocycles. The number of carbonyl (C=O) groups excluding carboxylic acids is 1. The minimum absolute atomic E-state index is 0.0134. The van der Waals surface area contributed by atoms with E-state index in [0.717, 1.165) is 17.7 Å². The first-order chi connectivity index (χ1) is 14.6. The fourth-order valence-corrected chi connectivity index (χ4v) is 5.24. The lowest BCUT2D eigenvalue weighted by Crippen LogP contribution is -2.17. The number of anilines is 1. The Labute approximate surface area is 176 Å². The van der Waals surface area contributed by atoms with Crippen LogP contribution in [-0.4, -0.2) is 35.6 Å². The molecule has 162 valence electrons. The Morgan fingerprint density at radius 2 is 1.81 bits per heavy atom. The quantitative estimate of drug-likeness (QED) is 0.648. The molecule has 1 aliphatic rings. The molecule has 0 radical (unpaired) electrons. The lowest BCUT2D eigenvalue weighted by Gasteiger charge is -2.13. The molecule has 0 bridgehead atoms. The number of nitrogens with one attached hydrogen (secondary N) is 1. The average Bonchev–Trinajstić information content (AvgIpc) is 3.31. The van der Waals surface area contributed by atoms with Crippen LogP contribution >= 0.6 is 0 Å². The molecule has 10 heteroatoms. The van der Waals surface area contributed by atoms with Gasteiger partial charge in [0.05, 0.1) is 28.8 Å². The summed E-state index contributed by atoms with van der Waals surface area (Å²) >= 11 is 0. The molecular weight excluding hydrogens is 431 g/mol. The van der Waals surface area contributed by atoms with Crippen LogP contribution in [0, 0.1) is 0 Å². The van der Waals surface area contributed by atoms with Crippen molar-refractivity contribution in [3.8, 4) is 11.3 Å². The van der Waals surface area contributed by atoms with Crippen molar-refractivity contribution in [2.45, 2.75) is 18.6 Å². The zero-order valence-corrected chi connectivity index (χ0v) is 16.9. The van der Waals surface area contributed by atoms with E-state index < -0.39 is 33.5 Å². The van der Waals surface area contributed by atoms with Gasteiger partial charge in [-0.3, -0.25) is 9.48 Å². The summed E-state index contributed by atoms with van der Waals surface area (Å²) in [4.78, 5) is 12.7. The molecular formula is C21H18F3N3O3S. The van der Waals surface area contributed by atoms with Gasteiger partial charge >= 0.3 is 6.18 Å². The molecule has 4 rings (SSSR count). The second-order valence-electron chi connectivity index (χ2n) is 7.31. The Hall–Kier alpha value is -3.14. The minimum Gasteiger partial charge on any atom is -0.321 e. The van der Waals surface area contributed by atoms with Gasteiger partial charge in [-0.2, -0.15) is 18.3 Å². The highest BCUT2D eigenvalue weighted by molar-refractivity contribution is 7.91. The highest BCUT2D eigenvalue weighted by atomic mass is 32.2. The number of aromatic nitrogens is 2. The maximum atomic E-state index is 12.9. The van der Waals surface area contributed by atoms with Gasteiger partial charge < -0.3 is 5.32 Å². The van der Waals surface area contributed by atoms with E-state index in [9.17, 15) is 26.4 Å². The van der Waals surface area contributed by atoms with Gasteiger partial charge in [-0.05, 0) is 36.2 Å². The van der Waals surface area contributed by atoms with E-state index in [4.69, 9.17) is 0 Å². The number of hydrogen-bond donors (Lipinski definition) is 1. The minimum atomic E-state index is -4.53. The zero-order valence-electron chi connectivity index (χ0n) is 16.1. The molecule has 0 spiro atoms. The first-order valence-electron chi connectivity index (χ1n) is 9.46. The molecule has 6 nitrogen and oxygen atoms in total. The molecule has 1 atom stereocenters. The second kappa shape index (κ2) is 7.84. The van der Waals surface area contributed by atoms with Crippen LogP contribution in [0.4, 0.5) is 18.9 Å². The Balaban J connectivity index is 1.67. The number of sulfone groups is 1. The van der Waals surface area contributed by atoms with E-state index in [1.165, 1.54) is 22.9 Å². The Morgan fingerprint density at radius 3 is 2.45 bits per heavy atom. The van der Waals surface area contributed by atoms with E-state index >= 15 is 0 Å². The van der Waals surface area contributed by atoms with Gasteiger partial charge in [-0.1, -0.05) is 36.4 Å². The average molecular weight is 449 g/mol. The van der Waals surface area contributed by atoms with Gasteiger partial charge in [0, 0.05) is 5.69 Å². The highest BCUT2D eigenvalue weighted by Gasteiger charge is 2.33. The zero-order chi connectivity index (χ0) is 22.2. The number of halogens is 3. The molecule has 3 aromatic rings. The third-order valence-corrected chi connectivity index (χ3v) is 6.79. The Kier molecular flexibility index (Phi) is 5.34. The number of alkyl halides is 3. The number of carbonyl (C=O) groups is 1. The lowest BCUT2D eigenvalue weighted by molar-refractivity contribution is -0.137. The first kappa shape index (κ1) is 21.1. The smallest absolute Gasteiger partial charge is 0.321 e. The molecule has 0 unspecified atom stereocenters. The van der Waals surface area contributed by atoms with Crippen LogP contribution in [-0.2, 0) is 16.0 Å². The molecule has 31 heavy (non-hydrogen) atoms. The predicted octanol–water partition coefficient (Wildman–Crippen LogP) is 4.18. The maximum Gasteiger partial charge on any atom is 0.416 e. The lowest BCUT2D eigenvalue weighted by atomic mass is 10.1. The van der Waals surface area contributed by atoms with Crippen LogP contribution in [0.25, 0.3) is 11.3 Å². The summed E-state index contributed by atoms with van der Waals surface area (Å²) in [5, 5.41) is 6.76. The van der Waals surface area contributed by atoms with Crippen molar-refractivity contribution in [1.82, 2.24) is 9.78 Å². The van der Waals surface area contributed by atoms with Crippen molar-refractivity contribution in [3.05, 3.63) is 71.9 Å². The number of nitrogens with zero attached hydrogens (tertiary/aromatic N) is 2. The van der Waals surface area contributed by atoms with Gasteiger partial charge in [-0.15, -0.1) is 0 Å². The summed E-state index contributed by atoms with van der Waals surface area (Å²) in [5.41, 5.74) is 0.408. The summed E-state index contributed by atoms with van der Waals surface area (Å²) in [6.07, 6.45) is -4.16. The van der Waals surface area contributed by atoms with E-state index in [0.29, 0.717) is 12.1 Å². The van der Waals surface area contributed by atoms with Crippen LogP contribution in [0.2, 0.25) is 0 Å². The van der Waals surface area contributed by atoms with E-state index in [1.54, 1.807) is 12.1 Å². The van der Waals surface area contributed by atoms with Crippen LogP contribution in [0.15, 0.2) is 60.7 Å². The third kappa shape index (κ3) is 4.63. The topological polar surface area (TPSA) is 81.1 Å². The molecule has 0 aliphatic carbocycles. The van der Waals surface area contributed by atoms with Crippen LogP contribution in [0.3, 0.4) is 0 Å². The molecule has 1 aromatic heterocycles. The summed E-state index contributed by atoms with van der Waals surface area (Å²) in [7, 11) is -3.19. The van der Waals surface area contributed by atoms with Crippen molar-refractivity contribution < 1.29 is 26.4 Å². The summed E-state index contributed by atoms with van der Waals surface area (Å²) in [6.45, 7) is 0. The van der Waals surface area contributed by atoms with E-state index in [-0.39, 0.29) is 22.9 Å². The van der Waals surface area contributed by atoms with Crippen molar-refractivity contribution in [3.63, 3.8) is 0 Å². The molecule has 1 N–H and O–H groups in total. The van der Waals surface area contributed by atoms with Gasteiger partial charge in [-0.25, -0.2) is 8.42 Å². The predicted molar refractivity (Wildman–Crippen MR) is 109 cm³/mol. The summed E-state index contributed by atoms with van der Waals surface area (Å²) in [5.74, 6) is -0.725. The van der Waals surface area contributed by atoms with Crippen molar-refractivity contribution in [2.24, 2.45) is 0 Å². The van der Waals surface area contributed by atoms with E-state index in [1.807, 2.05) is 18.2 Å². The van der Waals surface area contributed by atoms with Gasteiger partial charge in [0.2, 0.25) is 0 Å².